The summed E-state index contributed by atoms with van der Waals surface area (Å²) in [5, 5.41) is 0. The van der Waals surface area contributed by atoms with E-state index in [1.165, 1.54) is 4.31 Å². The zero-order chi connectivity index (χ0) is 21.8. The van der Waals surface area contributed by atoms with Crippen LogP contribution < -0.4 is 4.90 Å². The molecule has 1 saturated heterocycles. The van der Waals surface area contributed by atoms with Crippen LogP contribution in [0.5, 0.6) is 0 Å². The van der Waals surface area contributed by atoms with Crippen molar-refractivity contribution in [3.05, 3.63) is 84.7 Å². The second-order valence-corrected chi connectivity index (χ2v) is 9.87. The van der Waals surface area contributed by atoms with Gasteiger partial charge in [0.15, 0.2) is 0 Å². The lowest BCUT2D eigenvalue weighted by atomic mass is 9.96. The third-order valence-electron chi connectivity index (χ3n) is 5.76. The Balaban J connectivity index is 1.48. The number of aromatic nitrogens is 1. The summed E-state index contributed by atoms with van der Waals surface area (Å²) in [7, 11) is -1.72. The summed E-state index contributed by atoms with van der Waals surface area (Å²) >= 11 is 0. The molecular formula is C24H27N3O3S. The summed E-state index contributed by atoms with van der Waals surface area (Å²) in [6.07, 6.45) is 4.38. The Morgan fingerprint density at radius 2 is 1.58 bits per heavy atom. The van der Waals surface area contributed by atoms with Crippen molar-refractivity contribution in [1.82, 2.24) is 8.87 Å². The van der Waals surface area contributed by atoms with E-state index in [0.29, 0.717) is 37.4 Å². The number of rotatable bonds is 6. The minimum absolute atomic E-state index is 0.0480. The highest BCUT2D eigenvalue weighted by Crippen LogP contribution is 2.28. The molecule has 0 radical (unpaired) electrons. The molecule has 1 aliphatic heterocycles. The Labute approximate surface area is 183 Å². The molecule has 0 unspecified atom stereocenters. The van der Waals surface area contributed by atoms with Crippen LogP contribution in [0.1, 0.15) is 18.4 Å². The molecule has 7 heteroatoms. The fraction of sp³-hybridized carbons (Fsp3) is 0.292. The smallest absolute Gasteiger partial charge is 0.244 e. The molecule has 31 heavy (non-hydrogen) atoms. The molecule has 1 amide bonds. The highest BCUT2D eigenvalue weighted by atomic mass is 32.2. The zero-order valence-electron chi connectivity index (χ0n) is 17.6. The lowest BCUT2D eigenvalue weighted by Crippen LogP contribution is -2.44. The van der Waals surface area contributed by atoms with Gasteiger partial charge in [0.25, 0.3) is 0 Å². The number of benzene rings is 2. The largest absolute Gasteiger partial charge is 0.356 e. The van der Waals surface area contributed by atoms with Crippen LogP contribution in [0.15, 0.2) is 84.0 Å². The summed E-state index contributed by atoms with van der Waals surface area (Å²) in [6.45, 7) is 1.19. The van der Waals surface area contributed by atoms with Crippen LogP contribution in [0, 0.1) is 5.92 Å². The number of hydrogen-bond donors (Lipinski definition) is 0. The molecule has 6 nitrogen and oxygen atoms in total. The summed E-state index contributed by atoms with van der Waals surface area (Å²) < 4.78 is 29.0. The molecule has 0 atom stereocenters. The molecule has 0 spiro atoms. The third-order valence-corrected chi connectivity index (χ3v) is 7.65. The van der Waals surface area contributed by atoms with Gasteiger partial charge < -0.3 is 9.47 Å². The van der Waals surface area contributed by atoms with Gasteiger partial charge in [-0.15, -0.1) is 0 Å². The fourth-order valence-electron chi connectivity index (χ4n) is 4.01. The quantitative estimate of drug-likeness (QED) is 0.591. The predicted molar refractivity (Wildman–Crippen MR) is 121 cm³/mol. The van der Waals surface area contributed by atoms with Gasteiger partial charge >= 0.3 is 0 Å². The number of aryl methyl sites for hydroxylation is 1. The van der Waals surface area contributed by atoms with Gasteiger partial charge in [-0.2, -0.15) is 4.31 Å². The molecule has 1 aromatic heterocycles. The van der Waals surface area contributed by atoms with Gasteiger partial charge in [0, 0.05) is 44.1 Å². The molecule has 0 N–H and O–H groups in total. The monoisotopic (exact) mass is 437 g/mol. The lowest BCUT2D eigenvalue weighted by Gasteiger charge is -2.33. The second kappa shape index (κ2) is 9.08. The molecular weight excluding hydrogens is 410 g/mol. The molecule has 0 bridgehead atoms. The first-order chi connectivity index (χ1) is 14.9. The standard InChI is InChI=1S/C24H27N3O3S/c1-25-15-14-23(19-25)31(29,30)26-16-12-21(13-17-26)24(28)27(22-10-6-3-7-11-22)18-20-8-4-2-5-9-20/h2-11,14-15,19,21H,12-13,16-18H2,1H3. The molecule has 1 aliphatic rings. The Bertz CT molecular complexity index is 1120. The first kappa shape index (κ1) is 21.3. The summed E-state index contributed by atoms with van der Waals surface area (Å²) in [5.41, 5.74) is 1.92. The lowest BCUT2D eigenvalue weighted by molar-refractivity contribution is -0.123. The van der Waals surface area contributed by atoms with E-state index in [2.05, 4.69) is 0 Å². The summed E-state index contributed by atoms with van der Waals surface area (Å²) in [4.78, 5) is 15.6. The maximum Gasteiger partial charge on any atom is 0.244 e. The van der Waals surface area contributed by atoms with Crippen LogP contribution in [0.2, 0.25) is 0 Å². The molecule has 0 aliphatic carbocycles. The van der Waals surface area contributed by atoms with Gasteiger partial charge in [0.05, 0.1) is 11.4 Å². The van der Waals surface area contributed by atoms with Crippen LogP contribution in [0.25, 0.3) is 0 Å². The van der Waals surface area contributed by atoms with Crippen molar-refractivity contribution >= 4 is 21.6 Å². The van der Waals surface area contributed by atoms with Gasteiger partial charge in [0.1, 0.15) is 0 Å². The Kier molecular flexibility index (Phi) is 6.25. The van der Waals surface area contributed by atoms with Gasteiger partial charge in [-0.1, -0.05) is 48.5 Å². The summed E-state index contributed by atoms with van der Waals surface area (Å²) in [5.74, 6) is -0.155. The van der Waals surface area contributed by atoms with E-state index in [0.717, 1.165) is 11.3 Å². The van der Waals surface area contributed by atoms with E-state index >= 15 is 0 Å². The fourth-order valence-corrected chi connectivity index (χ4v) is 5.54. The highest BCUT2D eigenvalue weighted by molar-refractivity contribution is 7.89. The highest BCUT2D eigenvalue weighted by Gasteiger charge is 2.34. The molecule has 3 aromatic rings. The minimum Gasteiger partial charge on any atom is -0.356 e. The van der Waals surface area contributed by atoms with Crippen molar-refractivity contribution < 1.29 is 13.2 Å². The maximum absolute atomic E-state index is 13.5. The van der Waals surface area contributed by atoms with E-state index < -0.39 is 10.0 Å². The van der Waals surface area contributed by atoms with Crippen molar-refractivity contribution in [2.24, 2.45) is 13.0 Å². The summed E-state index contributed by atoms with van der Waals surface area (Å²) in [6, 6.07) is 21.2. The number of hydrogen-bond acceptors (Lipinski definition) is 3. The first-order valence-electron chi connectivity index (χ1n) is 10.5. The molecule has 0 saturated carbocycles. The number of carbonyl (C=O) groups excluding carboxylic acids is 1. The molecule has 4 rings (SSSR count). The molecule has 1 fully saturated rings. The number of carbonyl (C=O) groups is 1. The van der Waals surface area contributed by atoms with Gasteiger partial charge in [-0.3, -0.25) is 4.79 Å². The van der Waals surface area contributed by atoms with Gasteiger partial charge in [-0.05, 0) is 36.6 Å². The van der Waals surface area contributed by atoms with Crippen molar-refractivity contribution in [1.29, 1.82) is 0 Å². The number of amides is 1. The van der Waals surface area contributed by atoms with Crippen molar-refractivity contribution in [3.63, 3.8) is 0 Å². The Morgan fingerprint density at radius 3 is 2.16 bits per heavy atom. The van der Waals surface area contributed by atoms with E-state index in [1.807, 2.05) is 65.6 Å². The molecule has 162 valence electrons. The second-order valence-electron chi connectivity index (χ2n) is 7.94. The van der Waals surface area contributed by atoms with Crippen LogP contribution in [0.4, 0.5) is 5.69 Å². The van der Waals surface area contributed by atoms with E-state index in [1.54, 1.807) is 30.1 Å². The van der Waals surface area contributed by atoms with E-state index in [4.69, 9.17) is 0 Å². The number of nitrogens with zero attached hydrogens (tertiary/aromatic N) is 3. The van der Waals surface area contributed by atoms with Gasteiger partial charge in [-0.25, -0.2) is 8.42 Å². The molecule has 2 heterocycles. The van der Waals surface area contributed by atoms with Crippen LogP contribution >= 0.6 is 0 Å². The van der Waals surface area contributed by atoms with Crippen molar-refractivity contribution in [2.45, 2.75) is 24.3 Å². The average molecular weight is 438 g/mol. The van der Waals surface area contributed by atoms with Gasteiger partial charge in [0.2, 0.25) is 15.9 Å². The van der Waals surface area contributed by atoms with Crippen LogP contribution in [-0.2, 0) is 28.4 Å². The maximum atomic E-state index is 13.5. The predicted octanol–water partition coefficient (Wildman–Crippen LogP) is 3.66. The number of piperidine rings is 1. The van der Waals surface area contributed by atoms with Crippen LogP contribution in [0.3, 0.4) is 0 Å². The van der Waals surface area contributed by atoms with E-state index in [-0.39, 0.29) is 11.8 Å². The normalized spacial score (nSPS) is 15.6. The van der Waals surface area contributed by atoms with E-state index in [9.17, 15) is 13.2 Å². The minimum atomic E-state index is -3.52. The topological polar surface area (TPSA) is 62.6 Å². The molecule has 2 aromatic carbocycles. The number of sulfonamides is 1. The first-order valence-corrected chi connectivity index (χ1v) is 11.9. The van der Waals surface area contributed by atoms with Crippen LogP contribution in [-0.4, -0.2) is 36.3 Å². The number of para-hydroxylation sites is 1. The van der Waals surface area contributed by atoms with Crippen molar-refractivity contribution in [2.75, 3.05) is 18.0 Å². The van der Waals surface area contributed by atoms with Crippen molar-refractivity contribution in [3.8, 4) is 0 Å². The number of anilines is 1. The Morgan fingerprint density at radius 1 is 0.968 bits per heavy atom. The average Bonchev–Trinajstić information content (AvgIpc) is 3.25. The third kappa shape index (κ3) is 4.73. The Hall–Kier alpha value is -2.90. The zero-order valence-corrected chi connectivity index (χ0v) is 18.4. The SMILES string of the molecule is Cn1ccc(S(=O)(=O)N2CCC(C(=O)N(Cc3ccccc3)c3ccccc3)CC2)c1.